The van der Waals surface area contributed by atoms with Crippen molar-refractivity contribution in [2.75, 3.05) is 7.11 Å². The zero-order chi connectivity index (χ0) is 12.1. The molecule has 0 amide bonds. The first-order chi connectivity index (χ1) is 7.52. The average molecular weight is 243 g/mol. The molecule has 0 fully saturated rings. The quantitative estimate of drug-likeness (QED) is 0.400. The first-order valence-electron chi connectivity index (χ1n) is 4.37. The monoisotopic (exact) mass is 243 g/mol. The molecule has 0 saturated heterocycles. The largest absolute Gasteiger partial charge is 0.494 e. The van der Waals surface area contributed by atoms with Crippen LogP contribution >= 0.6 is 0 Å². The molecule has 5 N–H and O–H groups in total. The fraction of sp³-hybridized carbons (Fsp3) is 0.222. The Morgan fingerprint density at radius 2 is 2.25 bits per heavy atom. The van der Waals surface area contributed by atoms with Crippen LogP contribution in [0.15, 0.2) is 23.2 Å². The minimum atomic E-state index is -1.90. The molecule has 1 atom stereocenters. The molecule has 0 saturated carbocycles. The summed E-state index contributed by atoms with van der Waals surface area (Å²) < 4.78 is 24.5. The van der Waals surface area contributed by atoms with Crippen molar-refractivity contribution in [3.05, 3.63) is 23.8 Å². The number of nitrogens with zero attached hydrogens (tertiary/aromatic N) is 1. The van der Waals surface area contributed by atoms with Crippen LogP contribution in [0.3, 0.4) is 0 Å². The van der Waals surface area contributed by atoms with E-state index in [-0.39, 0.29) is 11.7 Å². The van der Waals surface area contributed by atoms with E-state index in [4.69, 9.17) is 20.8 Å². The van der Waals surface area contributed by atoms with Gasteiger partial charge < -0.3 is 20.8 Å². The zero-order valence-corrected chi connectivity index (χ0v) is 9.53. The minimum Gasteiger partial charge on any atom is -0.494 e. The van der Waals surface area contributed by atoms with Crippen LogP contribution in [-0.2, 0) is 16.8 Å². The third kappa shape index (κ3) is 3.52. The molecule has 7 heteroatoms. The number of ether oxygens (including phenoxy) is 1. The summed E-state index contributed by atoms with van der Waals surface area (Å²) >= 11 is -1.90. The third-order valence-electron chi connectivity index (χ3n) is 1.78. The smallest absolute Gasteiger partial charge is 0.191 e. The van der Waals surface area contributed by atoms with Gasteiger partial charge in [-0.05, 0) is 17.7 Å². The number of methoxy groups -OCH3 is 1. The molecule has 6 nitrogen and oxygen atoms in total. The van der Waals surface area contributed by atoms with Gasteiger partial charge in [-0.3, -0.25) is 0 Å². The van der Waals surface area contributed by atoms with Crippen LogP contribution < -0.4 is 16.2 Å². The molecular formula is C9H13N3O3S. The Morgan fingerprint density at radius 3 is 2.75 bits per heavy atom. The molecule has 1 unspecified atom stereocenters. The molecule has 16 heavy (non-hydrogen) atoms. The first-order valence-corrected chi connectivity index (χ1v) is 5.64. The van der Waals surface area contributed by atoms with Crippen molar-refractivity contribution >= 4 is 22.7 Å². The standard InChI is InChI=1S/C9H13N3O3S/c1-15-8-3-2-6(5-16(13)14)4-7(8)12-9(10)11/h2-4H,5H2,1H3,(H,13,14)(H4,10,11,12). The first kappa shape index (κ1) is 12.5. The van der Waals surface area contributed by atoms with Gasteiger partial charge in [0.15, 0.2) is 17.0 Å². The molecule has 88 valence electrons. The lowest BCUT2D eigenvalue weighted by Crippen LogP contribution is -2.22. The summed E-state index contributed by atoms with van der Waals surface area (Å²) in [4.78, 5) is 3.86. The fourth-order valence-corrected chi connectivity index (χ4v) is 1.66. The molecule has 0 aliphatic rings. The number of rotatable bonds is 4. The van der Waals surface area contributed by atoms with Crippen LogP contribution in [0.4, 0.5) is 5.69 Å². The lowest BCUT2D eigenvalue weighted by Gasteiger charge is -2.06. The molecule has 0 radical (unpaired) electrons. The molecule has 1 aromatic rings. The van der Waals surface area contributed by atoms with Crippen LogP contribution in [0, 0.1) is 0 Å². The Balaban J connectivity index is 3.11. The van der Waals surface area contributed by atoms with E-state index in [0.29, 0.717) is 17.0 Å². The Kier molecular flexibility index (Phi) is 4.27. The van der Waals surface area contributed by atoms with Gasteiger partial charge in [0.2, 0.25) is 0 Å². The molecular weight excluding hydrogens is 230 g/mol. The van der Waals surface area contributed by atoms with Gasteiger partial charge in [0.25, 0.3) is 0 Å². The van der Waals surface area contributed by atoms with Crippen molar-refractivity contribution < 1.29 is 13.5 Å². The number of benzene rings is 1. The van der Waals surface area contributed by atoms with Gasteiger partial charge in [-0.15, -0.1) is 0 Å². The Bertz CT molecular complexity index is 430. The van der Waals surface area contributed by atoms with Crippen LogP contribution in [-0.4, -0.2) is 21.8 Å². The highest BCUT2D eigenvalue weighted by Crippen LogP contribution is 2.28. The Labute approximate surface area is 95.6 Å². The van der Waals surface area contributed by atoms with Crippen molar-refractivity contribution in [1.29, 1.82) is 0 Å². The third-order valence-corrected chi connectivity index (χ3v) is 2.36. The van der Waals surface area contributed by atoms with Gasteiger partial charge in [0.05, 0.1) is 12.9 Å². The highest BCUT2D eigenvalue weighted by Gasteiger charge is 2.05. The number of nitrogens with two attached hydrogens (primary N) is 2. The van der Waals surface area contributed by atoms with Gasteiger partial charge in [-0.2, -0.15) is 0 Å². The summed E-state index contributed by atoms with van der Waals surface area (Å²) in [5, 5.41) is 0. The fourth-order valence-electron chi connectivity index (χ4n) is 1.19. The predicted octanol–water partition coefficient (Wildman–Crippen LogP) is 0.322. The van der Waals surface area contributed by atoms with E-state index in [1.807, 2.05) is 0 Å². The van der Waals surface area contributed by atoms with Gasteiger partial charge in [-0.25, -0.2) is 9.20 Å². The van der Waals surface area contributed by atoms with Crippen LogP contribution in [0.5, 0.6) is 5.75 Å². The molecule has 0 aliphatic heterocycles. The normalized spacial score (nSPS) is 11.9. The van der Waals surface area contributed by atoms with Gasteiger partial charge >= 0.3 is 0 Å². The second-order valence-electron chi connectivity index (χ2n) is 3.01. The summed E-state index contributed by atoms with van der Waals surface area (Å²) in [6.07, 6.45) is 0. The minimum absolute atomic E-state index is 0.0248. The van der Waals surface area contributed by atoms with E-state index in [2.05, 4.69) is 4.99 Å². The maximum absolute atomic E-state index is 10.7. The van der Waals surface area contributed by atoms with Crippen molar-refractivity contribution in [1.82, 2.24) is 0 Å². The Hall–Kier alpha value is -1.60. The van der Waals surface area contributed by atoms with E-state index in [9.17, 15) is 4.21 Å². The van der Waals surface area contributed by atoms with E-state index in [0.717, 1.165) is 0 Å². The van der Waals surface area contributed by atoms with Crippen molar-refractivity contribution in [3.8, 4) is 5.75 Å². The van der Waals surface area contributed by atoms with E-state index in [1.54, 1.807) is 18.2 Å². The van der Waals surface area contributed by atoms with Crippen LogP contribution in [0.2, 0.25) is 0 Å². The number of hydrogen-bond donors (Lipinski definition) is 3. The van der Waals surface area contributed by atoms with Crippen molar-refractivity contribution in [3.63, 3.8) is 0 Å². The summed E-state index contributed by atoms with van der Waals surface area (Å²) in [6.45, 7) is 0. The molecule has 1 rings (SSSR count). The predicted molar refractivity (Wildman–Crippen MR) is 62.9 cm³/mol. The summed E-state index contributed by atoms with van der Waals surface area (Å²) in [6, 6.07) is 4.93. The topological polar surface area (TPSA) is 111 Å². The molecule has 1 aromatic carbocycles. The van der Waals surface area contributed by atoms with Gasteiger partial charge in [0, 0.05) is 0 Å². The SMILES string of the molecule is COc1ccc(CS(=O)O)cc1N=C(N)N. The molecule has 0 aliphatic carbocycles. The van der Waals surface area contributed by atoms with E-state index < -0.39 is 11.1 Å². The molecule has 0 heterocycles. The molecule has 0 spiro atoms. The number of hydrogen-bond acceptors (Lipinski definition) is 3. The molecule has 0 bridgehead atoms. The van der Waals surface area contributed by atoms with E-state index in [1.165, 1.54) is 7.11 Å². The summed E-state index contributed by atoms with van der Waals surface area (Å²) in [5.74, 6) is 0.429. The van der Waals surface area contributed by atoms with Crippen molar-refractivity contribution in [2.24, 2.45) is 16.5 Å². The van der Waals surface area contributed by atoms with Gasteiger partial charge in [0.1, 0.15) is 11.4 Å². The highest BCUT2D eigenvalue weighted by atomic mass is 32.2. The van der Waals surface area contributed by atoms with Crippen molar-refractivity contribution in [2.45, 2.75) is 5.75 Å². The second-order valence-corrected chi connectivity index (χ2v) is 3.94. The zero-order valence-electron chi connectivity index (χ0n) is 8.71. The van der Waals surface area contributed by atoms with Gasteiger partial charge in [-0.1, -0.05) is 6.07 Å². The molecule has 0 aromatic heterocycles. The summed E-state index contributed by atoms with van der Waals surface area (Å²) in [5.41, 5.74) is 11.6. The van der Waals surface area contributed by atoms with E-state index >= 15 is 0 Å². The van der Waals surface area contributed by atoms with Crippen LogP contribution in [0.1, 0.15) is 5.56 Å². The number of guanidine groups is 1. The Morgan fingerprint density at radius 1 is 1.56 bits per heavy atom. The van der Waals surface area contributed by atoms with Crippen LogP contribution in [0.25, 0.3) is 0 Å². The summed E-state index contributed by atoms with van der Waals surface area (Å²) in [7, 11) is 1.49. The number of aliphatic imine (C=N–C) groups is 1. The highest BCUT2D eigenvalue weighted by molar-refractivity contribution is 7.78. The second kappa shape index (κ2) is 5.47. The maximum Gasteiger partial charge on any atom is 0.191 e. The average Bonchev–Trinajstić information content (AvgIpc) is 2.16. The lowest BCUT2D eigenvalue weighted by atomic mass is 10.2. The lowest BCUT2D eigenvalue weighted by molar-refractivity contribution is 0.416. The maximum atomic E-state index is 10.7.